The molecule has 4 nitrogen and oxygen atoms in total. The van der Waals surface area contributed by atoms with Gasteiger partial charge in [0.25, 0.3) is 0 Å². The number of ether oxygens (including phenoxy) is 1. The maximum Gasteiger partial charge on any atom is 0.156 e. The van der Waals surface area contributed by atoms with Crippen molar-refractivity contribution in [2.45, 2.75) is 51.5 Å². The topological polar surface area (TPSA) is 50.4 Å². The number of carbonyl (C=O) groups is 1. The molecule has 4 unspecified atom stereocenters. The number of ketones is 1. The quantitative estimate of drug-likeness (QED) is 0.568. The molecule has 2 N–H and O–H groups in total. The summed E-state index contributed by atoms with van der Waals surface area (Å²) in [6, 6.07) is -0.263. The lowest BCUT2D eigenvalue weighted by atomic mass is 9.83. The van der Waals surface area contributed by atoms with Crippen molar-refractivity contribution in [2.75, 3.05) is 7.11 Å². The van der Waals surface area contributed by atoms with Crippen LogP contribution in [0.2, 0.25) is 0 Å². The third-order valence-corrected chi connectivity index (χ3v) is 3.16. The van der Waals surface area contributed by atoms with E-state index in [1.54, 1.807) is 7.11 Å². The van der Waals surface area contributed by atoms with Gasteiger partial charge in [0, 0.05) is 18.6 Å². The van der Waals surface area contributed by atoms with Crippen molar-refractivity contribution in [3.63, 3.8) is 0 Å². The molecular weight excluding hydrogens is 228 g/mol. The van der Waals surface area contributed by atoms with Gasteiger partial charge in [0.1, 0.15) is 11.7 Å². The van der Waals surface area contributed by atoms with Crippen LogP contribution in [0.3, 0.4) is 0 Å². The van der Waals surface area contributed by atoms with E-state index in [-0.39, 0.29) is 29.5 Å². The molecule has 16 heavy (non-hydrogen) atoms. The van der Waals surface area contributed by atoms with Crippen LogP contribution in [0.5, 0.6) is 0 Å². The van der Waals surface area contributed by atoms with Gasteiger partial charge >= 0.3 is 0 Å². The second-order valence-electron chi connectivity index (χ2n) is 5.27. The van der Waals surface area contributed by atoms with Crippen LogP contribution in [-0.2, 0) is 9.53 Å². The minimum Gasteiger partial charge on any atom is -0.364 e. The summed E-state index contributed by atoms with van der Waals surface area (Å²) in [7, 11) is 1.59. The van der Waals surface area contributed by atoms with E-state index in [1.807, 2.05) is 27.7 Å². The highest BCUT2D eigenvalue weighted by atomic mass is 35.5. The average Bonchev–Trinajstić information content (AvgIpc) is 2.18. The summed E-state index contributed by atoms with van der Waals surface area (Å²) < 4.78 is 5.17. The van der Waals surface area contributed by atoms with Crippen LogP contribution < -0.4 is 10.6 Å². The largest absolute Gasteiger partial charge is 0.364 e. The van der Waals surface area contributed by atoms with E-state index in [9.17, 15) is 4.79 Å². The molecule has 1 fully saturated rings. The van der Waals surface area contributed by atoms with Crippen molar-refractivity contribution in [2.24, 2.45) is 5.41 Å². The van der Waals surface area contributed by atoms with E-state index in [0.29, 0.717) is 0 Å². The highest BCUT2D eigenvalue weighted by molar-refractivity contribution is 6.21. The molecular formula is C11H21ClN2O2. The summed E-state index contributed by atoms with van der Waals surface area (Å²) in [5.41, 5.74) is -0.762. The first-order valence-electron chi connectivity index (χ1n) is 5.50. The summed E-state index contributed by atoms with van der Waals surface area (Å²) in [5, 5.41) is 6.28. The van der Waals surface area contributed by atoms with Crippen LogP contribution in [0.15, 0.2) is 0 Å². The van der Waals surface area contributed by atoms with Gasteiger partial charge < -0.3 is 4.74 Å². The van der Waals surface area contributed by atoms with Gasteiger partial charge in [-0.05, 0) is 6.92 Å². The first kappa shape index (κ1) is 13.9. The maximum atomic E-state index is 12.2. The number of hydrogen-bond donors (Lipinski definition) is 2. The minimum absolute atomic E-state index is 0.00618. The molecule has 0 aromatic heterocycles. The van der Waals surface area contributed by atoms with Crippen molar-refractivity contribution >= 4 is 17.4 Å². The average molecular weight is 249 g/mol. The van der Waals surface area contributed by atoms with Crippen LogP contribution in [0.1, 0.15) is 27.7 Å². The first-order chi connectivity index (χ1) is 7.27. The fraction of sp³-hybridized carbons (Fsp3) is 0.909. The molecule has 1 saturated heterocycles. The monoisotopic (exact) mass is 248 g/mol. The highest BCUT2D eigenvalue weighted by Gasteiger charge is 2.40. The normalized spacial score (nSPS) is 36.1. The molecule has 1 aliphatic rings. The van der Waals surface area contributed by atoms with E-state index >= 15 is 0 Å². The number of piperazine rings is 1. The molecule has 1 aliphatic heterocycles. The second kappa shape index (κ2) is 5.00. The standard InChI is InChI=1S/C11H21ClN2O2/c1-6-7(8(15)11(2,3)4)14-9(12)10(13-6)16-5/h6-7,9-10,13-14H,1-5H3. The van der Waals surface area contributed by atoms with Crippen LogP contribution in [0, 0.1) is 5.41 Å². The summed E-state index contributed by atoms with van der Waals surface area (Å²) in [6.07, 6.45) is -0.263. The van der Waals surface area contributed by atoms with Gasteiger partial charge in [0.05, 0.1) is 6.04 Å². The fourth-order valence-electron chi connectivity index (χ4n) is 1.80. The lowest BCUT2D eigenvalue weighted by Gasteiger charge is -2.40. The number of Topliss-reactive ketones (excluding diaryl/α,β-unsaturated/α-hetero) is 1. The summed E-state index contributed by atoms with van der Waals surface area (Å²) in [4.78, 5) is 12.2. The zero-order chi connectivity index (χ0) is 12.5. The number of alkyl halides is 1. The Balaban J connectivity index is 2.74. The highest BCUT2D eigenvalue weighted by Crippen LogP contribution is 2.21. The van der Waals surface area contributed by atoms with Gasteiger partial charge in [-0.2, -0.15) is 0 Å². The predicted octanol–water partition coefficient (Wildman–Crippen LogP) is 1.09. The molecule has 1 rings (SSSR count). The number of nitrogens with one attached hydrogen (secondary N) is 2. The third kappa shape index (κ3) is 2.94. The Morgan fingerprint density at radius 1 is 1.31 bits per heavy atom. The fourth-order valence-corrected chi connectivity index (χ4v) is 2.11. The van der Waals surface area contributed by atoms with Gasteiger partial charge in [0.2, 0.25) is 0 Å². The zero-order valence-electron chi connectivity index (χ0n) is 10.5. The van der Waals surface area contributed by atoms with Crippen molar-refractivity contribution in [3.05, 3.63) is 0 Å². The zero-order valence-corrected chi connectivity index (χ0v) is 11.3. The van der Waals surface area contributed by atoms with Crippen LogP contribution >= 0.6 is 11.6 Å². The molecule has 0 aromatic carbocycles. The Morgan fingerprint density at radius 2 is 1.88 bits per heavy atom. The van der Waals surface area contributed by atoms with E-state index in [2.05, 4.69) is 10.6 Å². The van der Waals surface area contributed by atoms with Crippen LogP contribution in [0.4, 0.5) is 0 Å². The van der Waals surface area contributed by atoms with Crippen LogP contribution in [-0.4, -0.2) is 36.7 Å². The van der Waals surface area contributed by atoms with E-state index in [4.69, 9.17) is 16.3 Å². The molecule has 0 radical (unpaired) electrons. The molecule has 0 amide bonds. The van der Waals surface area contributed by atoms with Crippen LogP contribution in [0.25, 0.3) is 0 Å². The first-order valence-corrected chi connectivity index (χ1v) is 5.94. The van der Waals surface area contributed by atoms with Crippen molar-refractivity contribution < 1.29 is 9.53 Å². The predicted molar refractivity (Wildman–Crippen MR) is 64.4 cm³/mol. The molecule has 0 aromatic rings. The minimum atomic E-state index is -0.391. The number of hydrogen-bond acceptors (Lipinski definition) is 4. The van der Waals surface area contributed by atoms with Crippen molar-refractivity contribution in [1.29, 1.82) is 0 Å². The van der Waals surface area contributed by atoms with Crippen molar-refractivity contribution in [1.82, 2.24) is 10.6 Å². The Hall–Kier alpha value is -0.160. The Kier molecular flexibility index (Phi) is 4.35. The van der Waals surface area contributed by atoms with Gasteiger partial charge in [-0.15, -0.1) is 11.6 Å². The third-order valence-electron chi connectivity index (χ3n) is 2.81. The van der Waals surface area contributed by atoms with Gasteiger partial charge in [-0.25, -0.2) is 0 Å². The van der Waals surface area contributed by atoms with Gasteiger partial charge in [-0.1, -0.05) is 20.8 Å². The molecule has 0 saturated carbocycles. The molecule has 0 spiro atoms. The molecule has 1 heterocycles. The van der Waals surface area contributed by atoms with Gasteiger partial charge in [0.15, 0.2) is 5.78 Å². The SMILES string of the molecule is COC1NC(C)C(C(=O)C(C)(C)C)NC1Cl. The number of rotatable bonds is 2. The molecule has 94 valence electrons. The smallest absolute Gasteiger partial charge is 0.156 e. The van der Waals surface area contributed by atoms with Crippen molar-refractivity contribution in [3.8, 4) is 0 Å². The molecule has 0 bridgehead atoms. The summed E-state index contributed by atoms with van der Waals surface area (Å²) in [6.45, 7) is 7.69. The Bertz CT molecular complexity index is 265. The van der Waals surface area contributed by atoms with E-state index < -0.39 is 5.50 Å². The molecule has 5 heteroatoms. The molecule has 4 atom stereocenters. The Labute approximate surface area is 102 Å². The number of methoxy groups -OCH3 is 1. The second-order valence-corrected chi connectivity index (χ2v) is 5.74. The van der Waals surface area contributed by atoms with Gasteiger partial charge in [-0.3, -0.25) is 15.4 Å². The van der Waals surface area contributed by atoms with E-state index in [1.165, 1.54) is 0 Å². The lowest BCUT2D eigenvalue weighted by Crippen LogP contribution is -2.67. The maximum absolute atomic E-state index is 12.2. The number of carbonyl (C=O) groups excluding carboxylic acids is 1. The molecule has 0 aliphatic carbocycles. The number of halogens is 1. The summed E-state index contributed by atoms with van der Waals surface area (Å²) in [5.74, 6) is 0.160. The lowest BCUT2D eigenvalue weighted by molar-refractivity contribution is -0.131. The van der Waals surface area contributed by atoms with E-state index in [0.717, 1.165) is 0 Å². The Morgan fingerprint density at radius 3 is 2.31 bits per heavy atom. The summed E-state index contributed by atoms with van der Waals surface area (Å²) >= 11 is 6.09.